The number of halogens is 3. The summed E-state index contributed by atoms with van der Waals surface area (Å²) in [6, 6.07) is 9.72. The molecule has 1 aliphatic carbocycles. The standard InChI is InChI=1S/C27H25F3N4O2/c1-15-5-3-6-20(28)24(15)18-9-8-17(11-18)19-12-21-25(33-16(2)13-32-21)34(26(19)35)14-22-23(36-27(29)30)7-4-10-31-22/h3-7,10,12-13,17-18,27H,8-9,11,14H2,1-2H3/t17-,18-/m1/s1. The fourth-order valence-electron chi connectivity index (χ4n) is 5.26. The van der Waals surface area contributed by atoms with Gasteiger partial charge in [0.1, 0.15) is 22.8 Å². The maximum atomic E-state index is 14.6. The Hall–Kier alpha value is -3.75. The number of alkyl halides is 2. The lowest BCUT2D eigenvalue weighted by atomic mass is 9.90. The summed E-state index contributed by atoms with van der Waals surface area (Å²) in [5, 5.41) is 0. The highest BCUT2D eigenvalue weighted by Crippen LogP contribution is 2.44. The molecule has 0 saturated heterocycles. The Kier molecular flexibility index (Phi) is 6.47. The number of nitrogens with zero attached hydrogens (tertiary/aromatic N) is 4. The van der Waals surface area contributed by atoms with Crippen LogP contribution in [0.3, 0.4) is 0 Å². The molecule has 1 aromatic carbocycles. The third-order valence-corrected chi connectivity index (χ3v) is 6.87. The molecule has 1 saturated carbocycles. The van der Waals surface area contributed by atoms with Gasteiger partial charge in [-0.25, -0.2) is 9.37 Å². The molecule has 5 rings (SSSR count). The zero-order valence-corrected chi connectivity index (χ0v) is 19.9. The quantitative estimate of drug-likeness (QED) is 0.347. The van der Waals surface area contributed by atoms with Crippen molar-refractivity contribution in [2.24, 2.45) is 0 Å². The summed E-state index contributed by atoms with van der Waals surface area (Å²) in [5.74, 6) is -0.416. The topological polar surface area (TPSA) is 69.9 Å². The Morgan fingerprint density at radius 1 is 1.11 bits per heavy atom. The highest BCUT2D eigenvalue weighted by molar-refractivity contribution is 5.71. The molecule has 3 aromatic heterocycles. The molecule has 4 aromatic rings. The van der Waals surface area contributed by atoms with E-state index in [1.54, 1.807) is 25.3 Å². The molecule has 2 atom stereocenters. The summed E-state index contributed by atoms with van der Waals surface area (Å²) in [4.78, 5) is 27.0. The van der Waals surface area contributed by atoms with Crippen LogP contribution in [0, 0.1) is 19.7 Å². The van der Waals surface area contributed by atoms with E-state index in [0.717, 1.165) is 18.4 Å². The number of hydrogen-bond donors (Lipinski definition) is 0. The van der Waals surface area contributed by atoms with E-state index in [-0.39, 0.29) is 41.2 Å². The first-order valence-electron chi connectivity index (χ1n) is 11.8. The van der Waals surface area contributed by atoms with Crippen molar-refractivity contribution >= 4 is 11.2 Å². The Morgan fingerprint density at radius 3 is 2.69 bits per heavy atom. The molecule has 0 N–H and O–H groups in total. The largest absolute Gasteiger partial charge is 0.433 e. The van der Waals surface area contributed by atoms with Crippen LogP contribution in [-0.4, -0.2) is 26.1 Å². The van der Waals surface area contributed by atoms with Crippen molar-refractivity contribution in [1.82, 2.24) is 19.5 Å². The number of fused-ring (bicyclic) bond motifs is 1. The van der Waals surface area contributed by atoms with Crippen molar-refractivity contribution in [2.75, 3.05) is 0 Å². The highest BCUT2D eigenvalue weighted by atomic mass is 19.3. The van der Waals surface area contributed by atoms with Gasteiger partial charge in [-0.15, -0.1) is 0 Å². The smallest absolute Gasteiger partial charge is 0.387 e. The maximum absolute atomic E-state index is 14.6. The molecule has 36 heavy (non-hydrogen) atoms. The lowest BCUT2D eigenvalue weighted by molar-refractivity contribution is -0.0507. The summed E-state index contributed by atoms with van der Waals surface area (Å²) in [7, 11) is 0. The Labute approximate surface area is 205 Å². The van der Waals surface area contributed by atoms with Gasteiger partial charge in [0.2, 0.25) is 0 Å². The fourth-order valence-corrected chi connectivity index (χ4v) is 5.26. The van der Waals surface area contributed by atoms with Crippen LogP contribution < -0.4 is 10.3 Å². The van der Waals surface area contributed by atoms with Crippen molar-refractivity contribution in [1.29, 1.82) is 0 Å². The maximum Gasteiger partial charge on any atom is 0.387 e. The van der Waals surface area contributed by atoms with Gasteiger partial charge in [0.15, 0.2) is 5.65 Å². The lowest BCUT2D eigenvalue weighted by Gasteiger charge is -2.18. The zero-order chi connectivity index (χ0) is 25.4. The molecule has 0 aliphatic heterocycles. The van der Waals surface area contributed by atoms with Gasteiger partial charge in [0.05, 0.1) is 12.2 Å². The van der Waals surface area contributed by atoms with Crippen molar-refractivity contribution in [2.45, 2.75) is 58.1 Å². The summed E-state index contributed by atoms with van der Waals surface area (Å²) in [6.07, 6.45) is 5.19. The molecule has 0 bridgehead atoms. The summed E-state index contributed by atoms with van der Waals surface area (Å²) < 4.78 is 46.6. The first-order valence-corrected chi connectivity index (χ1v) is 11.8. The molecule has 6 nitrogen and oxygen atoms in total. The van der Waals surface area contributed by atoms with Gasteiger partial charge in [-0.3, -0.25) is 19.3 Å². The van der Waals surface area contributed by atoms with Crippen LogP contribution in [0.2, 0.25) is 0 Å². The van der Waals surface area contributed by atoms with Gasteiger partial charge in [-0.2, -0.15) is 8.78 Å². The molecule has 9 heteroatoms. The second-order valence-corrected chi connectivity index (χ2v) is 9.22. The van der Waals surface area contributed by atoms with E-state index in [1.807, 2.05) is 13.0 Å². The van der Waals surface area contributed by atoms with Crippen molar-refractivity contribution in [3.8, 4) is 5.75 Å². The van der Waals surface area contributed by atoms with Gasteiger partial charge in [0.25, 0.3) is 5.56 Å². The van der Waals surface area contributed by atoms with E-state index < -0.39 is 6.61 Å². The summed E-state index contributed by atoms with van der Waals surface area (Å²) in [6.45, 7) is 0.539. The first kappa shape index (κ1) is 24.0. The minimum atomic E-state index is -3.02. The predicted octanol–water partition coefficient (Wildman–Crippen LogP) is 5.64. The van der Waals surface area contributed by atoms with Crippen molar-refractivity contribution in [3.05, 3.63) is 93.0 Å². The van der Waals surface area contributed by atoms with Crippen LogP contribution in [0.15, 0.2) is 53.6 Å². The Bertz CT molecular complexity index is 1470. The monoisotopic (exact) mass is 494 g/mol. The van der Waals surface area contributed by atoms with Gasteiger partial charge in [-0.1, -0.05) is 12.1 Å². The van der Waals surface area contributed by atoms with E-state index in [1.165, 1.54) is 29.0 Å². The van der Waals surface area contributed by atoms with E-state index in [9.17, 15) is 18.0 Å². The third kappa shape index (κ3) is 4.57. The van der Waals surface area contributed by atoms with Gasteiger partial charge < -0.3 is 4.74 Å². The molecule has 186 valence electrons. The number of aromatic nitrogens is 4. The van der Waals surface area contributed by atoms with Gasteiger partial charge in [-0.05, 0) is 80.3 Å². The molecule has 1 aliphatic rings. The van der Waals surface area contributed by atoms with E-state index >= 15 is 0 Å². The highest BCUT2D eigenvalue weighted by Gasteiger charge is 2.32. The minimum absolute atomic E-state index is 0.00526. The second-order valence-electron chi connectivity index (χ2n) is 9.22. The minimum Gasteiger partial charge on any atom is -0.433 e. The van der Waals surface area contributed by atoms with Gasteiger partial charge >= 0.3 is 6.61 Å². The number of ether oxygens (including phenoxy) is 1. The average Bonchev–Trinajstić information content (AvgIpc) is 3.31. The van der Waals surface area contributed by atoms with E-state index in [2.05, 4.69) is 19.7 Å². The Balaban J connectivity index is 1.57. The molecule has 0 spiro atoms. The van der Waals surface area contributed by atoms with Crippen LogP contribution in [0.5, 0.6) is 5.75 Å². The number of aryl methyl sites for hydroxylation is 2. The van der Waals surface area contributed by atoms with Crippen LogP contribution >= 0.6 is 0 Å². The predicted molar refractivity (Wildman–Crippen MR) is 129 cm³/mol. The molecule has 0 unspecified atom stereocenters. The number of rotatable bonds is 6. The normalized spacial score (nSPS) is 17.7. The molecule has 1 fully saturated rings. The lowest BCUT2D eigenvalue weighted by Crippen LogP contribution is -2.27. The zero-order valence-electron chi connectivity index (χ0n) is 19.9. The molecular formula is C27H25F3N4O2. The van der Waals surface area contributed by atoms with Crippen LogP contribution in [-0.2, 0) is 6.54 Å². The molecular weight excluding hydrogens is 469 g/mol. The number of pyridine rings is 2. The van der Waals surface area contributed by atoms with Gasteiger partial charge in [0, 0.05) is 18.0 Å². The molecule has 0 amide bonds. The van der Waals surface area contributed by atoms with Crippen molar-refractivity contribution < 1.29 is 17.9 Å². The average molecular weight is 495 g/mol. The third-order valence-electron chi connectivity index (χ3n) is 6.87. The molecule has 3 heterocycles. The first-order chi connectivity index (χ1) is 17.3. The Morgan fingerprint density at radius 2 is 1.92 bits per heavy atom. The molecule has 0 radical (unpaired) electrons. The second kappa shape index (κ2) is 9.72. The van der Waals surface area contributed by atoms with Crippen LogP contribution in [0.1, 0.15) is 59.2 Å². The SMILES string of the molecule is Cc1cnc2cc([C@@H]3CC[C@@H](c4c(C)cccc4F)C3)c(=O)n(Cc3ncccc3OC(F)F)c2n1. The number of benzene rings is 1. The summed E-state index contributed by atoms with van der Waals surface area (Å²) >= 11 is 0. The fraction of sp³-hybridized carbons (Fsp3) is 0.333. The number of hydrogen-bond acceptors (Lipinski definition) is 5. The van der Waals surface area contributed by atoms with Crippen molar-refractivity contribution in [3.63, 3.8) is 0 Å². The summed E-state index contributed by atoms with van der Waals surface area (Å²) in [5.41, 5.74) is 3.55. The van der Waals surface area contributed by atoms with Crippen LogP contribution in [0.4, 0.5) is 13.2 Å². The van der Waals surface area contributed by atoms with E-state index in [4.69, 9.17) is 0 Å². The van der Waals surface area contributed by atoms with Crippen LogP contribution in [0.25, 0.3) is 11.2 Å². The van der Waals surface area contributed by atoms with E-state index in [0.29, 0.717) is 34.4 Å².